The van der Waals surface area contributed by atoms with E-state index in [-0.39, 0.29) is 12.1 Å². The third kappa shape index (κ3) is 6.50. The Morgan fingerprint density at radius 1 is 1.13 bits per heavy atom. The highest BCUT2D eigenvalue weighted by Crippen LogP contribution is 2.38. The van der Waals surface area contributed by atoms with Crippen LogP contribution in [0.3, 0.4) is 0 Å². The first-order valence-electron chi connectivity index (χ1n) is 11.8. The normalized spacial score (nSPS) is 31.8. The molecule has 0 aromatic heterocycles. The number of sulfonamides is 1. The maximum Gasteiger partial charge on any atom is 0.209 e. The molecule has 1 saturated heterocycles. The number of alkyl halides is 1. The van der Waals surface area contributed by atoms with Gasteiger partial charge < -0.3 is 4.74 Å². The average molecular weight is 453 g/mol. The largest absolute Gasteiger partial charge is 0.375 e. The minimum absolute atomic E-state index is 0.223. The molecule has 2 atom stereocenters. The van der Waals surface area contributed by atoms with Gasteiger partial charge in [0, 0.05) is 19.7 Å². The fraction of sp³-hybridized carbons (Fsp3) is 0.750. The molecule has 1 heterocycles. The monoisotopic (exact) mass is 452 g/mol. The zero-order valence-electron chi connectivity index (χ0n) is 18.6. The molecule has 2 unspecified atom stereocenters. The summed E-state index contributed by atoms with van der Waals surface area (Å²) in [6, 6.07) is 10.5. The molecule has 0 amide bonds. The topological polar surface area (TPSA) is 58.6 Å². The maximum absolute atomic E-state index is 14.6. The van der Waals surface area contributed by atoms with Crippen molar-refractivity contribution in [1.29, 1.82) is 0 Å². The molecule has 174 valence electrons. The number of likely N-dealkylation sites (tertiary alicyclic amines) is 1. The lowest BCUT2D eigenvalue weighted by Gasteiger charge is -2.44. The zero-order valence-corrected chi connectivity index (χ0v) is 19.5. The lowest BCUT2D eigenvalue weighted by Crippen LogP contribution is -2.57. The summed E-state index contributed by atoms with van der Waals surface area (Å²) in [6.07, 6.45) is 8.50. The number of benzene rings is 1. The van der Waals surface area contributed by atoms with E-state index in [4.69, 9.17) is 4.74 Å². The van der Waals surface area contributed by atoms with Gasteiger partial charge in [-0.2, -0.15) is 0 Å². The quantitative estimate of drug-likeness (QED) is 0.651. The number of ether oxygens (including phenoxy) is 1. The Labute approximate surface area is 186 Å². The van der Waals surface area contributed by atoms with Crippen molar-refractivity contribution in [2.45, 2.75) is 75.1 Å². The molecule has 0 bridgehead atoms. The first kappa shape index (κ1) is 23.1. The third-order valence-electron chi connectivity index (χ3n) is 7.43. The molecule has 1 aromatic rings. The summed E-state index contributed by atoms with van der Waals surface area (Å²) in [7, 11) is -3.31. The second kappa shape index (κ2) is 9.86. The highest BCUT2D eigenvalue weighted by Gasteiger charge is 2.41. The minimum atomic E-state index is -3.31. The van der Waals surface area contributed by atoms with Crippen LogP contribution in [0.4, 0.5) is 4.39 Å². The first-order chi connectivity index (χ1) is 14.8. The fourth-order valence-corrected chi connectivity index (χ4v) is 6.29. The van der Waals surface area contributed by atoms with Gasteiger partial charge in [0.25, 0.3) is 0 Å². The van der Waals surface area contributed by atoms with Crippen LogP contribution in [0.5, 0.6) is 0 Å². The number of hydrogen-bond acceptors (Lipinski definition) is 4. The Hall–Kier alpha value is -1.02. The Morgan fingerprint density at radius 2 is 1.84 bits per heavy atom. The highest BCUT2D eigenvalue weighted by atomic mass is 32.2. The molecule has 4 rings (SSSR count). The molecule has 2 aliphatic carbocycles. The Bertz CT molecular complexity index is 807. The Balaban J connectivity index is 1.30. The summed E-state index contributed by atoms with van der Waals surface area (Å²) < 4.78 is 47.4. The molecule has 5 nitrogen and oxygen atoms in total. The van der Waals surface area contributed by atoms with Gasteiger partial charge in [-0.15, -0.1) is 0 Å². The van der Waals surface area contributed by atoms with Gasteiger partial charge in [0.2, 0.25) is 10.0 Å². The molecule has 1 aliphatic heterocycles. The number of piperidine rings is 1. The number of halogens is 1. The highest BCUT2D eigenvalue weighted by molar-refractivity contribution is 7.88. The molecule has 31 heavy (non-hydrogen) atoms. The van der Waals surface area contributed by atoms with E-state index in [1.165, 1.54) is 24.7 Å². The van der Waals surface area contributed by atoms with E-state index in [9.17, 15) is 12.8 Å². The number of rotatable bonds is 8. The summed E-state index contributed by atoms with van der Waals surface area (Å²) in [4.78, 5) is 2.14. The van der Waals surface area contributed by atoms with Crippen LogP contribution >= 0.6 is 0 Å². The summed E-state index contributed by atoms with van der Waals surface area (Å²) in [5.41, 5.74) is 0.371. The Morgan fingerprint density at radius 3 is 2.45 bits per heavy atom. The molecular weight excluding hydrogens is 415 g/mol. The van der Waals surface area contributed by atoms with E-state index < -0.39 is 15.7 Å². The van der Waals surface area contributed by atoms with Crippen LogP contribution < -0.4 is 4.72 Å². The van der Waals surface area contributed by atoms with Crippen LogP contribution in [0.1, 0.15) is 62.8 Å². The van der Waals surface area contributed by atoms with Gasteiger partial charge in [0.05, 0.1) is 18.4 Å². The van der Waals surface area contributed by atoms with Crippen LogP contribution in [0.25, 0.3) is 0 Å². The van der Waals surface area contributed by atoms with Crippen molar-refractivity contribution in [3.8, 4) is 0 Å². The van der Waals surface area contributed by atoms with Crippen LogP contribution in [0, 0.1) is 5.92 Å². The van der Waals surface area contributed by atoms with Crippen molar-refractivity contribution in [2.75, 3.05) is 32.5 Å². The Kier molecular flexibility index (Phi) is 7.36. The summed E-state index contributed by atoms with van der Waals surface area (Å²) in [5, 5.41) is 0. The minimum Gasteiger partial charge on any atom is -0.375 e. The van der Waals surface area contributed by atoms with Crippen molar-refractivity contribution in [2.24, 2.45) is 5.92 Å². The molecular formula is C24H37FN2O3S. The fourth-order valence-electron chi connectivity index (χ4n) is 5.47. The molecule has 3 fully saturated rings. The number of nitrogens with one attached hydrogen (secondary N) is 1. The zero-order chi connectivity index (χ0) is 21.9. The molecule has 1 N–H and O–H groups in total. The molecule has 1 aromatic carbocycles. The van der Waals surface area contributed by atoms with E-state index in [0.717, 1.165) is 19.3 Å². The molecule has 0 radical (unpaired) electrons. The van der Waals surface area contributed by atoms with Crippen molar-refractivity contribution in [3.63, 3.8) is 0 Å². The van der Waals surface area contributed by atoms with Crippen LogP contribution in [-0.4, -0.2) is 63.6 Å². The second-order valence-electron chi connectivity index (χ2n) is 10.0. The van der Waals surface area contributed by atoms with Crippen molar-refractivity contribution in [3.05, 3.63) is 35.9 Å². The predicted octanol–water partition coefficient (Wildman–Crippen LogP) is 3.86. The standard InChI is InChI=1S/C24H37FN2O3S/c1-31(28,29)26-22-12-15-27(18-24(25)13-5-14-24)16-23(22)30-17-19-8-10-21(11-9-19)20-6-3-2-4-7-20/h2-4,6-7,19,21-23,26H,5,8-18H2,1H3. The van der Waals surface area contributed by atoms with Crippen LogP contribution in [-0.2, 0) is 14.8 Å². The molecule has 7 heteroatoms. The maximum atomic E-state index is 14.6. The van der Waals surface area contributed by atoms with Crippen molar-refractivity contribution in [1.82, 2.24) is 9.62 Å². The lowest BCUT2D eigenvalue weighted by molar-refractivity contribution is -0.0568. The van der Waals surface area contributed by atoms with Crippen LogP contribution in [0.15, 0.2) is 30.3 Å². The SMILES string of the molecule is CS(=O)(=O)NC1CCN(CC2(F)CCC2)CC1OCC1CCC(c2ccccc2)CC1. The van der Waals surface area contributed by atoms with Crippen LogP contribution in [0.2, 0.25) is 0 Å². The molecule has 2 saturated carbocycles. The van der Waals surface area contributed by atoms with E-state index >= 15 is 0 Å². The average Bonchev–Trinajstić information content (AvgIpc) is 2.73. The predicted molar refractivity (Wildman–Crippen MR) is 121 cm³/mol. The lowest BCUT2D eigenvalue weighted by atomic mass is 9.79. The summed E-state index contributed by atoms with van der Waals surface area (Å²) >= 11 is 0. The van der Waals surface area contributed by atoms with Gasteiger partial charge in [0.15, 0.2) is 0 Å². The van der Waals surface area contributed by atoms with E-state index in [1.807, 2.05) is 0 Å². The van der Waals surface area contributed by atoms with E-state index in [2.05, 4.69) is 40.0 Å². The molecule has 0 spiro atoms. The summed E-state index contributed by atoms with van der Waals surface area (Å²) in [5.74, 6) is 1.14. The number of hydrogen-bond donors (Lipinski definition) is 1. The second-order valence-corrected chi connectivity index (χ2v) is 11.8. The smallest absolute Gasteiger partial charge is 0.209 e. The third-order valence-corrected chi connectivity index (χ3v) is 8.16. The van der Waals surface area contributed by atoms with Gasteiger partial charge >= 0.3 is 0 Å². The van der Waals surface area contributed by atoms with E-state index in [0.29, 0.717) is 57.3 Å². The van der Waals surface area contributed by atoms with Gasteiger partial charge in [-0.05, 0) is 75.3 Å². The van der Waals surface area contributed by atoms with Crippen molar-refractivity contribution >= 4 is 10.0 Å². The van der Waals surface area contributed by atoms with Gasteiger partial charge in [-0.25, -0.2) is 17.5 Å². The first-order valence-corrected chi connectivity index (χ1v) is 13.7. The number of nitrogens with zero attached hydrogens (tertiary/aromatic N) is 1. The summed E-state index contributed by atoms with van der Waals surface area (Å²) in [6.45, 7) is 2.41. The van der Waals surface area contributed by atoms with Crippen molar-refractivity contribution < 1.29 is 17.5 Å². The van der Waals surface area contributed by atoms with Gasteiger partial charge in [0.1, 0.15) is 5.67 Å². The van der Waals surface area contributed by atoms with E-state index in [1.54, 1.807) is 0 Å². The molecule has 3 aliphatic rings. The van der Waals surface area contributed by atoms with Gasteiger partial charge in [-0.1, -0.05) is 30.3 Å². The van der Waals surface area contributed by atoms with Gasteiger partial charge in [-0.3, -0.25) is 4.90 Å².